The average Bonchev–Trinajstić information content (AvgIpc) is 2.41. The Morgan fingerprint density at radius 2 is 2.05 bits per heavy atom. The van der Waals surface area contributed by atoms with E-state index in [9.17, 15) is 9.59 Å². The molecule has 0 aromatic heterocycles. The number of amides is 1. The molecule has 0 aliphatic carbocycles. The zero-order valence-electron chi connectivity index (χ0n) is 11.8. The Morgan fingerprint density at radius 1 is 1.30 bits per heavy atom. The van der Waals surface area contributed by atoms with E-state index in [0.29, 0.717) is 13.0 Å². The Kier molecular flexibility index (Phi) is 4.77. The minimum atomic E-state index is -0.828. The molecule has 0 spiro atoms. The Balaban J connectivity index is 2.06. The van der Waals surface area contributed by atoms with Crippen molar-refractivity contribution in [1.82, 2.24) is 4.90 Å². The first-order valence-electron chi connectivity index (χ1n) is 7.13. The van der Waals surface area contributed by atoms with E-state index in [-0.39, 0.29) is 18.4 Å². The smallest absolute Gasteiger partial charge is 0.305 e. The van der Waals surface area contributed by atoms with Gasteiger partial charge in [-0.15, -0.1) is 0 Å². The predicted molar refractivity (Wildman–Crippen MR) is 76.5 cm³/mol. The number of nitrogens with zero attached hydrogens (tertiary/aromatic N) is 1. The van der Waals surface area contributed by atoms with Gasteiger partial charge in [-0.1, -0.05) is 24.3 Å². The lowest BCUT2D eigenvalue weighted by Crippen LogP contribution is -2.45. The zero-order valence-corrected chi connectivity index (χ0v) is 11.8. The summed E-state index contributed by atoms with van der Waals surface area (Å²) in [6, 6.07) is 7.70. The van der Waals surface area contributed by atoms with E-state index in [0.717, 1.165) is 30.4 Å². The van der Waals surface area contributed by atoms with Crippen LogP contribution >= 0.6 is 0 Å². The monoisotopic (exact) mass is 275 g/mol. The lowest BCUT2D eigenvalue weighted by atomic mass is 9.97. The van der Waals surface area contributed by atoms with Crippen LogP contribution in [0.1, 0.15) is 36.8 Å². The maximum atomic E-state index is 12.4. The SMILES string of the molecule is Cc1ccccc1CC(=O)N1CCCCC1CC(=O)O. The molecule has 0 saturated carbocycles. The summed E-state index contributed by atoms with van der Waals surface area (Å²) in [7, 11) is 0. The number of benzene rings is 1. The topological polar surface area (TPSA) is 57.6 Å². The molecule has 1 unspecified atom stereocenters. The standard InChI is InChI=1S/C16H21NO3/c1-12-6-2-3-7-13(12)10-15(18)17-9-5-4-8-14(17)11-16(19)20/h2-3,6-7,14H,4-5,8-11H2,1H3,(H,19,20). The fourth-order valence-corrected chi connectivity index (χ4v) is 2.82. The molecule has 1 saturated heterocycles. The molecular weight excluding hydrogens is 254 g/mol. The number of likely N-dealkylation sites (tertiary alicyclic amines) is 1. The second kappa shape index (κ2) is 6.55. The molecule has 0 radical (unpaired) electrons. The Hall–Kier alpha value is -1.84. The van der Waals surface area contributed by atoms with Crippen LogP contribution in [0.4, 0.5) is 0 Å². The molecule has 1 heterocycles. The van der Waals surface area contributed by atoms with Crippen LogP contribution in [0.2, 0.25) is 0 Å². The largest absolute Gasteiger partial charge is 0.481 e. The van der Waals surface area contributed by atoms with Gasteiger partial charge >= 0.3 is 5.97 Å². The van der Waals surface area contributed by atoms with Gasteiger partial charge in [-0.05, 0) is 37.3 Å². The fourth-order valence-electron chi connectivity index (χ4n) is 2.82. The summed E-state index contributed by atoms with van der Waals surface area (Å²) in [4.78, 5) is 25.1. The second-order valence-electron chi connectivity index (χ2n) is 5.44. The first-order valence-corrected chi connectivity index (χ1v) is 7.13. The van der Waals surface area contributed by atoms with Crippen molar-refractivity contribution in [2.75, 3.05) is 6.54 Å². The van der Waals surface area contributed by atoms with E-state index in [1.807, 2.05) is 31.2 Å². The number of rotatable bonds is 4. The van der Waals surface area contributed by atoms with Gasteiger partial charge in [0.05, 0.1) is 12.8 Å². The first kappa shape index (κ1) is 14.6. The molecule has 1 N–H and O–H groups in total. The third-order valence-electron chi connectivity index (χ3n) is 3.96. The molecule has 1 amide bonds. The van der Waals surface area contributed by atoms with Crippen LogP contribution in [0.15, 0.2) is 24.3 Å². The minimum absolute atomic E-state index is 0.0465. The highest BCUT2D eigenvalue weighted by molar-refractivity contribution is 5.80. The average molecular weight is 275 g/mol. The van der Waals surface area contributed by atoms with Crippen LogP contribution in [0.25, 0.3) is 0 Å². The van der Waals surface area contributed by atoms with Gasteiger partial charge in [0.15, 0.2) is 0 Å². The molecule has 1 aliphatic rings. The molecule has 20 heavy (non-hydrogen) atoms. The number of hydrogen-bond acceptors (Lipinski definition) is 2. The molecule has 4 heteroatoms. The van der Waals surface area contributed by atoms with Crippen LogP contribution in [0, 0.1) is 6.92 Å². The number of carboxylic acids is 1. The van der Waals surface area contributed by atoms with Crippen molar-refractivity contribution in [3.63, 3.8) is 0 Å². The third-order valence-corrected chi connectivity index (χ3v) is 3.96. The Labute approximate surface area is 119 Å². The fraction of sp³-hybridized carbons (Fsp3) is 0.500. The summed E-state index contributed by atoms with van der Waals surface area (Å²) in [5.41, 5.74) is 2.13. The van der Waals surface area contributed by atoms with Gasteiger partial charge in [0.25, 0.3) is 0 Å². The van der Waals surface area contributed by atoms with Crippen molar-refractivity contribution in [2.45, 2.75) is 45.1 Å². The van der Waals surface area contributed by atoms with E-state index in [1.165, 1.54) is 0 Å². The number of carboxylic acid groups (broad SMARTS) is 1. The molecule has 1 atom stereocenters. The van der Waals surface area contributed by atoms with Crippen LogP contribution < -0.4 is 0 Å². The van der Waals surface area contributed by atoms with Gasteiger partial charge in [-0.3, -0.25) is 9.59 Å². The molecule has 1 aromatic carbocycles. The molecule has 108 valence electrons. The molecule has 2 rings (SSSR count). The maximum Gasteiger partial charge on any atom is 0.305 e. The lowest BCUT2D eigenvalue weighted by molar-refractivity contribution is -0.141. The van der Waals surface area contributed by atoms with Crippen LogP contribution in [-0.4, -0.2) is 34.5 Å². The zero-order chi connectivity index (χ0) is 14.5. The van der Waals surface area contributed by atoms with Gasteiger partial charge in [0.2, 0.25) is 5.91 Å². The van der Waals surface area contributed by atoms with Crippen molar-refractivity contribution < 1.29 is 14.7 Å². The van der Waals surface area contributed by atoms with E-state index in [2.05, 4.69) is 0 Å². The molecule has 0 bridgehead atoms. The summed E-state index contributed by atoms with van der Waals surface area (Å²) in [5.74, 6) is -0.782. The molecule has 1 fully saturated rings. The number of carbonyl (C=O) groups is 2. The van der Waals surface area contributed by atoms with E-state index < -0.39 is 5.97 Å². The van der Waals surface area contributed by atoms with E-state index in [4.69, 9.17) is 5.11 Å². The maximum absolute atomic E-state index is 12.4. The van der Waals surface area contributed by atoms with Gasteiger partial charge < -0.3 is 10.0 Å². The quantitative estimate of drug-likeness (QED) is 0.918. The van der Waals surface area contributed by atoms with Crippen LogP contribution in [0.3, 0.4) is 0 Å². The van der Waals surface area contributed by atoms with E-state index in [1.54, 1.807) is 4.90 Å². The van der Waals surface area contributed by atoms with Crippen molar-refractivity contribution in [2.24, 2.45) is 0 Å². The number of hydrogen-bond donors (Lipinski definition) is 1. The Morgan fingerprint density at radius 3 is 2.75 bits per heavy atom. The third kappa shape index (κ3) is 3.59. The summed E-state index contributed by atoms with van der Waals surface area (Å²) in [6.45, 7) is 2.68. The van der Waals surface area contributed by atoms with Crippen molar-refractivity contribution in [3.8, 4) is 0 Å². The van der Waals surface area contributed by atoms with Crippen LogP contribution in [-0.2, 0) is 16.0 Å². The number of aryl methyl sites for hydroxylation is 1. The van der Waals surface area contributed by atoms with E-state index >= 15 is 0 Å². The predicted octanol–water partition coefficient (Wildman–Crippen LogP) is 2.39. The number of carbonyl (C=O) groups excluding carboxylic acids is 1. The normalized spacial score (nSPS) is 18.9. The Bertz CT molecular complexity index is 498. The van der Waals surface area contributed by atoms with Gasteiger partial charge in [-0.2, -0.15) is 0 Å². The molecule has 4 nitrogen and oxygen atoms in total. The molecule has 1 aromatic rings. The lowest BCUT2D eigenvalue weighted by Gasteiger charge is -2.35. The van der Waals surface area contributed by atoms with Gasteiger partial charge in [0, 0.05) is 12.6 Å². The van der Waals surface area contributed by atoms with Crippen molar-refractivity contribution in [1.29, 1.82) is 0 Å². The summed E-state index contributed by atoms with van der Waals surface area (Å²) < 4.78 is 0. The highest BCUT2D eigenvalue weighted by Gasteiger charge is 2.28. The highest BCUT2D eigenvalue weighted by Crippen LogP contribution is 2.21. The highest BCUT2D eigenvalue weighted by atomic mass is 16.4. The summed E-state index contributed by atoms with van der Waals surface area (Å²) in [6.07, 6.45) is 3.19. The van der Waals surface area contributed by atoms with Gasteiger partial charge in [-0.25, -0.2) is 0 Å². The molecular formula is C16H21NO3. The number of piperidine rings is 1. The molecule has 1 aliphatic heterocycles. The van der Waals surface area contributed by atoms with Crippen molar-refractivity contribution >= 4 is 11.9 Å². The van der Waals surface area contributed by atoms with Gasteiger partial charge in [0.1, 0.15) is 0 Å². The summed E-state index contributed by atoms with van der Waals surface area (Å²) in [5, 5.41) is 8.96. The number of aliphatic carboxylic acids is 1. The summed E-state index contributed by atoms with van der Waals surface area (Å²) >= 11 is 0. The minimum Gasteiger partial charge on any atom is -0.481 e. The first-order chi connectivity index (χ1) is 9.58. The van der Waals surface area contributed by atoms with Crippen molar-refractivity contribution in [3.05, 3.63) is 35.4 Å². The van der Waals surface area contributed by atoms with Crippen LogP contribution in [0.5, 0.6) is 0 Å². The second-order valence-corrected chi connectivity index (χ2v) is 5.44.